The molecule has 0 aliphatic heterocycles. The minimum Gasteiger partial charge on any atom is -0.497 e. The summed E-state index contributed by atoms with van der Waals surface area (Å²) < 4.78 is 43.7. The largest absolute Gasteiger partial charge is 0.497 e. The van der Waals surface area contributed by atoms with Gasteiger partial charge in [-0.05, 0) is 49.2 Å². The zero-order valence-electron chi connectivity index (χ0n) is 14.3. The number of benzene rings is 2. The van der Waals surface area contributed by atoms with E-state index in [4.69, 9.17) is 14.2 Å². The molecule has 0 aromatic heterocycles. The van der Waals surface area contributed by atoms with Crippen LogP contribution in [0.1, 0.15) is 11.1 Å². The molecule has 1 N–H and O–H groups in total. The molecule has 0 spiro atoms. The van der Waals surface area contributed by atoms with Crippen LogP contribution in [0, 0.1) is 13.8 Å². The summed E-state index contributed by atoms with van der Waals surface area (Å²) in [7, 11) is 0.746. The van der Waals surface area contributed by atoms with E-state index in [0.29, 0.717) is 28.5 Å². The molecule has 6 nitrogen and oxygen atoms in total. The predicted molar refractivity (Wildman–Crippen MR) is 92.8 cm³/mol. The van der Waals surface area contributed by atoms with Crippen molar-refractivity contribution in [1.82, 2.24) is 0 Å². The molecule has 24 heavy (non-hydrogen) atoms. The van der Waals surface area contributed by atoms with Crippen molar-refractivity contribution in [3.63, 3.8) is 0 Å². The summed E-state index contributed by atoms with van der Waals surface area (Å²) in [4.78, 5) is 0.186. The molecule has 130 valence electrons. The Morgan fingerprint density at radius 3 is 2.04 bits per heavy atom. The molecule has 0 saturated heterocycles. The molecule has 0 heterocycles. The van der Waals surface area contributed by atoms with Gasteiger partial charge in [0.25, 0.3) is 10.0 Å². The zero-order chi connectivity index (χ0) is 17.9. The van der Waals surface area contributed by atoms with E-state index in [1.54, 1.807) is 38.3 Å². The minimum atomic E-state index is -3.79. The third-order valence-corrected chi connectivity index (χ3v) is 5.36. The average Bonchev–Trinajstić information content (AvgIpc) is 2.56. The van der Waals surface area contributed by atoms with Crippen molar-refractivity contribution in [2.24, 2.45) is 0 Å². The summed E-state index contributed by atoms with van der Waals surface area (Å²) in [6, 6.07) is 8.07. The second-order valence-corrected chi connectivity index (χ2v) is 6.84. The molecular formula is C17H21NO5S. The minimum absolute atomic E-state index is 0.186. The molecule has 2 rings (SSSR count). The van der Waals surface area contributed by atoms with Gasteiger partial charge in [0.15, 0.2) is 0 Å². The molecule has 0 aliphatic carbocycles. The van der Waals surface area contributed by atoms with Crippen molar-refractivity contribution < 1.29 is 22.6 Å². The maximum Gasteiger partial charge on any atom is 0.262 e. The number of sulfonamides is 1. The van der Waals surface area contributed by atoms with Gasteiger partial charge in [0, 0.05) is 6.07 Å². The Labute approximate surface area is 142 Å². The Hall–Kier alpha value is -2.41. The lowest BCUT2D eigenvalue weighted by Crippen LogP contribution is -2.15. The van der Waals surface area contributed by atoms with Gasteiger partial charge in [-0.1, -0.05) is 0 Å². The van der Waals surface area contributed by atoms with Crippen LogP contribution in [-0.2, 0) is 10.0 Å². The van der Waals surface area contributed by atoms with Gasteiger partial charge in [0.1, 0.15) is 17.2 Å². The number of nitrogens with one attached hydrogen (secondary N) is 1. The third-order valence-electron chi connectivity index (χ3n) is 3.85. The average molecular weight is 351 g/mol. The molecule has 0 unspecified atom stereocenters. The van der Waals surface area contributed by atoms with Crippen LogP contribution in [0.5, 0.6) is 17.2 Å². The highest BCUT2D eigenvalue weighted by atomic mass is 32.2. The Morgan fingerprint density at radius 2 is 1.46 bits per heavy atom. The molecule has 0 fully saturated rings. The summed E-state index contributed by atoms with van der Waals surface area (Å²) in [5.41, 5.74) is 1.71. The quantitative estimate of drug-likeness (QED) is 0.865. The highest BCUT2D eigenvalue weighted by molar-refractivity contribution is 7.92. The van der Waals surface area contributed by atoms with E-state index in [1.165, 1.54) is 20.3 Å². The summed E-state index contributed by atoms with van der Waals surface area (Å²) in [6.45, 7) is 3.56. The van der Waals surface area contributed by atoms with Crippen LogP contribution in [0.3, 0.4) is 0 Å². The standard InChI is InChI=1S/C17H21NO5S/c1-11-12(2)17(9-8-15(11)22-4)24(19,20)18-14-10-13(21-3)6-7-16(14)23-5/h6-10,18H,1-5H3. The van der Waals surface area contributed by atoms with E-state index >= 15 is 0 Å². The number of anilines is 1. The lowest BCUT2D eigenvalue weighted by atomic mass is 10.1. The number of methoxy groups -OCH3 is 3. The molecule has 0 aliphatic rings. The fourth-order valence-corrected chi connectivity index (χ4v) is 3.74. The van der Waals surface area contributed by atoms with E-state index in [2.05, 4.69) is 4.72 Å². The first-order valence-corrected chi connectivity index (χ1v) is 8.71. The van der Waals surface area contributed by atoms with Crippen LogP contribution < -0.4 is 18.9 Å². The molecule has 0 atom stereocenters. The zero-order valence-corrected chi connectivity index (χ0v) is 15.2. The molecule has 0 bridgehead atoms. The van der Waals surface area contributed by atoms with Crippen LogP contribution in [0.2, 0.25) is 0 Å². The molecule has 7 heteroatoms. The van der Waals surface area contributed by atoms with E-state index in [9.17, 15) is 8.42 Å². The van der Waals surface area contributed by atoms with Gasteiger partial charge in [-0.25, -0.2) is 8.42 Å². The van der Waals surface area contributed by atoms with Crippen LogP contribution in [0.25, 0.3) is 0 Å². The van der Waals surface area contributed by atoms with Crippen molar-refractivity contribution in [2.45, 2.75) is 18.7 Å². The van der Waals surface area contributed by atoms with Gasteiger partial charge in [0.2, 0.25) is 0 Å². The van der Waals surface area contributed by atoms with Gasteiger partial charge >= 0.3 is 0 Å². The second kappa shape index (κ2) is 7.00. The van der Waals surface area contributed by atoms with E-state index in [0.717, 1.165) is 5.56 Å². The summed E-state index contributed by atoms with van der Waals surface area (Å²) >= 11 is 0. The van der Waals surface area contributed by atoms with Crippen LogP contribution in [-0.4, -0.2) is 29.7 Å². The fraction of sp³-hybridized carbons (Fsp3) is 0.294. The number of rotatable bonds is 6. The van der Waals surface area contributed by atoms with E-state index in [-0.39, 0.29) is 4.90 Å². The molecule has 2 aromatic carbocycles. The van der Waals surface area contributed by atoms with E-state index in [1.807, 2.05) is 6.92 Å². The van der Waals surface area contributed by atoms with Crippen molar-refractivity contribution >= 4 is 15.7 Å². The first kappa shape index (κ1) is 17.9. The monoisotopic (exact) mass is 351 g/mol. The third kappa shape index (κ3) is 3.41. The normalized spacial score (nSPS) is 11.0. The highest BCUT2D eigenvalue weighted by Crippen LogP contribution is 2.33. The van der Waals surface area contributed by atoms with Crippen molar-refractivity contribution in [3.8, 4) is 17.2 Å². The maximum atomic E-state index is 12.8. The Balaban J connectivity index is 2.48. The number of hydrogen-bond acceptors (Lipinski definition) is 5. The Bertz CT molecular complexity index is 846. The van der Waals surface area contributed by atoms with Crippen LogP contribution >= 0.6 is 0 Å². The van der Waals surface area contributed by atoms with Gasteiger partial charge < -0.3 is 14.2 Å². The highest BCUT2D eigenvalue weighted by Gasteiger charge is 2.21. The topological polar surface area (TPSA) is 73.9 Å². The number of ether oxygens (including phenoxy) is 3. The maximum absolute atomic E-state index is 12.8. The molecule has 0 amide bonds. The lowest BCUT2D eigenvalue weighted by molar-refractivity contribution is 0.405. The van der Waals surface area contributed by atoms with Gasteiger partial charge in [-0.3, -0.25) is 4.72 Å². The van der Waals surface area contributed by atoms with Gasteiger partial charge in [-0.2, -0.15) is 0 Å². The first-order chi connectivity index (χ1) is 11.3. The summed E-state index contributed by atoms with van der Waals surface area (Å²) in [6.07, 6.45) is 0. The van der Waals surface area contributed by atoms with Gasteiger partial charge in [-0.15, -0.1) is 0 Å². The number of hydrogen-bond donors (Lipinski definition) is 1. The summed E-state index contributed by atoms with van der Waals surface area (Å²) in [5.74, 6) is 1.57. The van der Waals surface area contributed by atoms with Crippen LogP contribution in [0.4, 0.5) is 5.69 Å². The van der Waals surface area contributed by atoms with Gasteiger partial charge in [0.05, 0.1) is 31.9 Å². The Kier molecular flexibility index (Phi) is 5.23. The van der Waals surface area contributed by atoms with Crippen molar-refractivity contribution in [2.75, 3.05) is 26.1 Å². The smallest absolute Gasteiger partial charge is 0.262 e. The van der Waals surface area contributed by atoms with Crippen LogP contribution in [0.15, 0.2) is 35.2 Å². The molecular weight excluding hydrogens is 330 g/mol. The van der Waals surface area contributed by atoms with Crippen molar-refractivity contribution in [1.29, 1.82) is 0 Å². The molecule has 0 radical (unpaired) electrons. The second-order valence-electron chi connectivity index (χ2n) is 5.19. The lowest BCUT2D eigenvalue weighted by Gasteiger charge is -2.16. The van der Waals surface area contributed by atoms with Crippen molar-refractivity contribution in [3.05, 3.63) is 41.5 Å². The fourth-order valence-electron chi connectivity index (χ4n) is 2.38. The molecule has 0 saturated carbocycles. The molecule has 2 aromatic rings. The predicted octanol–water partition coefficient (Wildman–Crippen LogP) is 3.13. The SMILES string of the molecule is COc1ccc(OC)c(NS(=O)(=O)c2ccc(OC)c(C)c2C)c1. The summed E-state index contributed by atoms with van der Waals surface area (Å²) in [5, 5.41) is 0. The van der Waals surface area contributed by atoms with E-state index < -0.39 is 10.0 Å². The Morgan fingerprint density at radius 1 is 0.833 bits per heavy atom. The first-order valence-electron chi connectivity index (χ1n) is 7.23.